The lowest BCUT2D eigenvalue weighted by Gasteiger charge is -2.13. The van der Waals surface area contributed by atoms with Gasteiger partial charge in [0.25, 0.3) is 5.91 Å². The topological polar surface area (TPSA) is 113 Å². The van der Waals surface area contributed by atoms with Gasteiger partial charge in [-0.2, -0.15) is 0 Å². The maximum Gasteiger partial charge on any atom is 0.325 e. The molecule has 0 fully saturated rings. The third-order valence-electron chi connectivity index (χ3n) is 1.61. The lowest BCUT2D eigenvalue weighted by atomic mass is 10.2. The number of hydrogen-bond donors (Lipinski definition) is 3. The van der Waals surface area contributed by atoms with Crippen LogP contribution in [0.25, 0.3) is 0 Å². The Morgan fingerprint density at radius 1 is 1.62 bits per heavy atom. The van der Waals surface area contributed by atoms with Gasteiger partial charge in [0.15, 0.2) is 6.10 Å². The summed E-state index contributed by atoms with van der Waals surface area (Å²) in [7, 11) is -3.70. The number of nitrogens with one attached hydrogen (secondary N) is 1. The fraction of sp³-hybridized carbons (Fsp3) is 0.750. The van der Waals surface area contributed by atoms with Gasteiger partial charge in [0.05, 0.1) is 6.61 Å². The number of carbonyl (C=O) groups is 2. The SMILES string of the molecule is CC(C=O)CNC(=O)C(O)COP(C)(=O)O. The van der Waals surface area contributed by atoms with Gasteiger partial charge in [-0.3, -0.25) is 9.36 Å². The van der Waals surface area contributed by atoms with Crippen molar-refractivity contribution in [2.75, 3.05) is 19.8 Å². The van der Waals surface area contributed by atoms with Crippen molar-refractivity contribution in [1.29, 1.82) is 0 Å². The molecular weight excluding hydrogens is 237 g/mol. The monoisotopic (exact) mass is 253 g/mol. The van der Waals surface area contributed by atoms with Gasteiger partial charge in [0.1, 0.15) is 6.29 Å². The van der Waals surface area contributed by atoms with Gasteiger partial charge < -0.3 is 24.6 Å². The average molecular weight is 253 g/mol. The van der Waals surface area contributed by atoms with Gasteiger partial charge in [-0.05, 0) is 0 Å². The van der Waals surface area contributed by atoms with E-state index in [2.05, 4.69) is 9.84 Å². The number of carbonyl (C=O) groups excluding carboxylic acids is 2. The molecule has 0 saturated carbocycles. The van der Waals surface area contributed by atoms with Crippen LogP contribution < -0.4 is 5.32 Å². The van der Waals surface area contributed by atoms with Crippen LogP contribution in [0.3, 0.4) is 0 Å². The van der Waals surface area contributed by atoms with Crippen LogP contribution >= 0.6 is 7.60 Å². The lowest BCUT2D eigenvalue weighted by Crippen LogP contribution is -2.39. The third-order valence-corrected chi connectivity index (χ3v) is 2.23. The zero-order valence-corrected chi connectivity index (χ0v) is 10.0. The Labute approximate surface area is 93.3 Å². The molecule has 7 nitrogen and oxygen atoms in total. The molecule has 3 N–H and O–H groups in total. The van der Waals surface area contributed by atoms with Crippen LogP contribution in [-0.4, -0.2) is 48.1 Å². The number of aliphatic hydroxyl groups excluding tert-OH is 1. The minimum Gasteiger partial charge on any atom is -0.381 e. The normalized spacial score (nSPS) is 18.2. The first kappa shape index (κ1) is 15.2. The first-order chi connectivity index (χ1) is 7.26. The Balaban J connectivity index is 3.91. The number of rotatable bonds is 7. The first-order valence-corrected chi connectivity index (χ1v) is 6.64. The Kier molecular flexibility index (Phi) is 6.43. The zero-order valence-electron chi connectivity index (χ0n) is 9.12. The van der Waals surface area contributed by atoms with E-state index >= 15 is 0 Å². The van der Waals surface area contributed by atoms with Gasteiger partial charge in [-0.15, -0.1) is 0 Å². The first-order valence-electron chi connectivity index (χ1n) is 4.62. The van der Waals surface area contributed by atoms with Crippen molar-refractivity contribution in [2.45, 2.75) is 13.0 Å². The van der Waals surface area contributed by atoms with Crippen molar-refractivity contribution >= 4 is 19.8 Å². The molecule has 94 valence electrons. The second-order valence-electron chi connectivity index (χ2n) is 3.47. The zero-order chi connectivity index (χ0) is 12.8. The van der Waals surface area contributed by atoms with Crippen molar-refractivity contribution in [3.05, 3.63) is 0 Å². The van der Waals surface area contributed by atoms with Gasteiger partial charge in [0, 0.05) is 19.1 Å². The van der Waals surface area contributed by atoms with Crippen molar-refractivity contribution < 1.29 is 28.7 Å². The number of aliphatic hydroxyl groups is 1. The molecule has 16 heavy (non-hydrogen) atoms. The number of amides is 1. The summed E-state index contributed by atoms with van der Waals surface area (Å²) in [5, 5.41) is 11.5. The van der Waals surface area contributed by atoms with Crippen LogP contribution in [0.2, 0.25) is 0 Å². The molecule has 0 spiro atoms. The standard InChI is InChI=1S/C8H16NO6P/c1-6(4-10)3-9-8(12)7(11)5-15-16(2,13)14/h4,6-7,11H,3,5H2,1-2H3,(H,9,12)(H,13,14). The Morgan fingerprint density at radius 2 is 2.19 bits per heavy atom. The maximum atomic E-state index is 11.2. The van der Waals surface area contributed by atoms with Crippen LogP contribution in [0.4, 0.5) is 0 Å². The summed E-state index contributed by atoms with van der Waals surface area (Å²) < 4.78 is 15.1. The third kappa shape index (κ3) is 7.53. The Bertz CT molecular complexity index is 288. The van der Waals surface area contributed by atoms with E-state index in [1.165, 1.54) is 0 Å². The van der Waals surface area contributed by atoms with Crippen LogP contribution in [0.1, 0.15) is 6.92 Å². The molecule has 0 bridgehead atoms. The molecule has 3 unspecified atom stereocenters. The number of hydrogen-bond acceptors (Lipinski definition) is 5. The van der Waals surface area contributed by atoms with Crippen molar-refractivity contribution in [2.24, 2.45) is 5.92 Å². The van der Waals surface area contributed by atoms with E-state index in [0.29, 0.717) is 6.29 Å². The summed E-state index contributed by atoms with van der Waals surface area (Å²) in [6.07, 6.45) is -0.865. The van der Waals surface area contributed by atoms with Gasteiger partial charge in [-0.25, -0.2) is 0 Å². The van der Waals surface area contributed by atoms with E-state index in [0.717, 1.165) is 6.66 Å². The summed E-state index contributed by atoms with van der Waals surface area (Å²) in [5.41, 5.74) is 0. The highest BCUT2D eigenvalue weighted by molar-refractivity contribution is 7.51. The summed E-state index contributed by atoms with van der Waals surface area (Å²) in [6, 6.07) is 0. The maximum absolute atomic E-state index is 11.2. The van der Waals surface area contributed by atoms with E-state index in [-0.39, 0.29) is 12.5 Å². The summed E-state index contributed by atoms with van der Waals surface area (Å²) in [4.78, 5) is 30.1. The highest BCUT2D eigenvalue weighted by atomic mass is 31.2. The van der Waals surface area contributed by atoms with Crippen LogP contribution in [0.5, 0.6) is 0 Å². The van der Waals surface area contributed by atoms with Gasteiger partial charge >= 0.3 is 7.60 Å². The molecule has 0 heterocycles. The van der Waals surface area contributed by atoms with Crippen LogP contribution in [0, 0.1) is 5.92 Å². The highest BCUT2D eigenvalue weighted by Crippen LogP contribution is 2.36. The molecule has 0 aliphatic heterocycles. The molecule has 0 aromatic heterocycles. The molecule has 0 radical (unpaired) electrons. The van der Waals surface area contributed by atoms with E-state index in [9.17, 15) is 19.3 Å². The molecule has 3 atom stereocenters. The predicted molar refractivity (Wildman–Crippen MR) is 55.9 cm³/mol. The van der Waals surface area contributed by atoms with Crippen LogP contribution in [0.15, 0.2) is 0 Å². The molecule has 0 aromatic rings. The molecule has 0 aromatic carbocycles. The second kappa shape index (κ2) is 6.75. The summed E-state index contributed by atoms with van der Waals surface area (Å²) in [6.45, 7) is 2.09. The van der Waals surface area contributed by atoms with Crippen molar-refractivity contribution in [3.8, 4) is 0 Å². The fourth-order valence-electron chi connectivity index (χ4n) is 0.712. The molecule has 0 aliphatic carbocycles. The van der Waals surface area contributed by atoms with E-state index in [1.54, 1.807) is 6.92 Å². The number of aldehydes is 1. The Morgan fingerprint density at radius 3 is 2.62 bits per heavy atom. The second-order valence-corrected chi connectivity index (χ2v) is 5.34. The van der Waals surface area contributed by atoms with Crippen molar-refractivity contribution in [3.63, 3.8) is 0 Å². The van der Waals surface area contributed by atoms with E-state index < -0.39 is 26.2 Å². The van der Waals surface area contributed by atoms with Crippen LogP contribution in [-0.2, 0) is 18.7 Å². The van der Waals surface area contributed by atoms with Crippen molar-refractivity contribution in [1.82, 2.24) is 5.32 Å². The fourth-order valence-corrected chi connectivity index (χ4v) is 1.13. The lowest BCUT2D eigenvalue weighted by molar-refractivity contribution is -0.131. The quantitative estimate of drug-likeness (QED) is 0.401. The summed E-state index contributed by atoms with van der Waals surface area (Å²) >= 11 is 0. The average Bonchev–Trinajstić information content (AvgIpc) is 2.20. The predicted octanol–water partition coefficient (Wildman–Crippen LogP) is -0.870. The molecule has 0 rings (SSSR count). The largest absolute Gasteiger partial charge is 0.381 e. The minimum atomic E-state index is -3.70. The van der Waals surface area contributed by atoms with E-state index in [4.69, 9.17) is 4.89 Å². The summed E-state index contributed by atoms with van der Waals surface area (Å²) in [5.74, 6) is -1.10. The van der Waals surface area contributed by atoms with Gasteiger partial charge in [-0.1, -0.05) is 6.92 Å². The minimum absolute atomic E-state index is 0.0995. The molecule has 0 saturated heterocycles. The smallest absolute Gasteiger partial charge is 0.325 e. The molecular formula is C8H16NO6P. The Hall–Kier alpha value is -0.750. The molecule has 8 heteroatoms. The van der Waals surface area contributed by atoms with Gasteiger partial charge in [0.2, 0.25) is 0 Å². The molecule has 0 aliphatic rings. The highest BCUT2D eigenvalue weighted by Gasteiger charge is 2.19. The van der Waals surface area contributed by atoms with E-state index in [1.807, 2.05) is 0 Å². The molecule has 1 amide bonds.